The van der Waals surface area contributed by atoms with Crippen LogP contribution in [0.3, 0.4) is 0 Å². The first-order valence-corrected chi connectivity index (χ1v) is 6.33. The second kappa shape index (κ2) is 4.87. The zero-order valence-electron chi connectivity index (χ0n) is 8.75. The van der Waals surface area contributed by atoms with Gasteiger partial charge in [-0.1, -0.05) is 28.1 Å². The minimum Gasteiger partial charge on any atom is -0.477 e. The second-order valence-corrected chi connectivity index (χ2v) is 5.23. The molecule has 1 heterocycles. The van der Waals surface area contributed by atoms with Gasteiger partial charge in [-0.25, -0.2) is 14.6 Å². The molecule has 0 saturated carbocycles. The fourth-order valence-electron chi connectivity index (χ4n) is 1.33. The van der Waals surface area contributed by atoms with E-state index in [2.05, 4.69) is 20.9 Å². The number of carboxylic acids is 2. The molecule has 0 atom stereocenters. The molecule has 18 heavy (non-hydrogen) atoms. The van der Waals surface area contributed by atoms with Gasteiger partial charge in [0.05, 0.1) is 0 Å². The van der Waals surface area contributed by atoms with E-state index in [-0.39, 0.29) is 4.88 Å². The molecule has 0 fully saturated rings. The smallest absolute Gasteiger partial charge is 0.356 e. The van der Waals surface area contributed by atoms with Crippen LogP contribution in [0.5, 0.6) is 0 Å². The molecule has 92 valence electrons. The van der Waals surface area contributed by atoms with Crippen LogP contribution >= 0.6 is 27.3 Å². The van der Waals surface area contributed by atoms with E-state index in [4.69, 9.17) is 10.2 Å². The van der Waals surface area contributed by atoms with E-state index in [0.717, 1.165) is 15.8 Å². The number of hydrogen-bond acceptors (Lipinski definition) is 4. The summed E-state index contributed by atoms with van der Waals surface area (Å²) in [6, 6.07) is 7.02. The molecule has 0 unspecified atom stereocenters. The first kappa shape index (κ1) is 12.7. The van der Waals surface area contributed by atoms with Crippen molar-refractivity contribution >= 4 is 39.2 Å². The molecule has 2 rings (SSSR count). The van der Waals surface area contributed by atoms with Crippen LogP contribution in [0.15, 0.2) is 28.7 Å². The number of thiazole rings is 1. The summed E-state index contributed by atoms with van der Waals surface area (Å²) in [5.41, 5.74) is 0.253. The maximum Gasteiger partial charge on any atom is 0.356 e. The van der Waals surface area contributed by atoms with Crippen molar-refractivity contribution < 1.29 is 19.8 Å². The van der Waals surface area contributed by atoms with E-state index in [1.165, 1.54) is 0 Å². The standard InChI is InChI=1S/C11H6BrNO4S/c12-6-3-1-5(2-4-6)9-13-7(10(14)15)8(18-9)11(16)17/h1-4H,(H,14,15)(H,16,17). The SMILES string of the molecule is O=C(O)c1nc(-c2ccc(Br)cc2)sc1C(=O)O. The average Bonchev–Trinajstić information content (AvgIpc) is 2.75. The van der Waals surface area contributed by atoms with Gasteiger partial charge < -0.3 is 10.2 Å². The van der Waals surface area contributed by atoms with Crippen LogP contribution in [-0.4, -0.2) is 27.1 Å². The van der Waals surface area contributed by atoms with Crippen molar-refractivity contribution in [3.8, 4) is 10.6 Å². The fourth-order valence-corrected chi connectivity index (χ4v) is 2.49. The third-order valence-electron chi connectivity index (χ3n) is 2.12. The van der Waals surface area contributed by atoms with Crippen molar-refractivity contribution in [3.63, 3.8) is 0 Å². The summed E-state index contributed by atoms with van der Waals surface area (Å²) in [6.45, 7) is 0. The van der Waals surface area contributed by atoms with Gasteiger partial charge in [0, 0.05) is 10.0 Å². The van der Waals surface area contributed by atoms with Crippen molar-refractivity contribution in [2.24, 2.45) is 0 Å². The fraction of sp³-hybridized carbons (Fsp3) is 0. The Balaban J connectivity index is 2.53. The number of aromatic nitrogens is 1. The van der Waals surface area contributed by atoms with E-state index in [0.29, 0.717) is 10.6 Å². The number of halogens is 1. The van der Waals surface area contributed by atoms with E-state index in [1.54, 1.807) is 24.3 Å². The third-order valence-corrected chi connectivity index (χ3v) is 3.74. The van der Waals surface area contributed by atoms with Crippen LogP contribution in [0, 0.1) is 0 Å². The molecule has 2 aromatic rings. The number of rotatable bonds is 3. The molecule has 0 radical (unpaired) electrons. The molecule has 0 spiro atoms. The average molecular weight is 328 g/mol. The summed E-state index contributed by atoms with van der Waals surface area (Å²) < 4.78 is 0.875. The van der Waals surface area contributed by atoms with Crippen molar-refractivity contribution in [2.45, 2.75) is 0 Å². The summed E-state index contributed by atoms with van der Waals surface area (Å²) in [7, 11) is 0. The normalized spacial score (nSPS) is 10.3. The zero-order chi connectivity index (χ0) is 13.3. The molecule has 1 aromatic carbocycles. The van der Waals surface area contributed by atoms with E-state index >= 15 is 0 Å². The number of aromatic carboxylic acids is 2. The van der Waals surface area contributed by atoms with E-state index in [9.17, 15) is 9.59 Å². The van der Waals surface area contributed by atoms with Crippen molar-refractivity contribution in [1.82, 2.24) is 4.98 Å². The number of benzene rings is 1. The minimum absolute atomic E-state index is 0.264. The van der Waals surface area contributed by atoms with Crippen LogP contribution in [0.1, 0.15) is 20.2 Å². The maximum absolute atomic E-state index is 10.9. The molecule has 0 aliphatic rings. The quantitative estimate of drug-likeness (QED) is 0.904. The van der Waals surface area contributed by atoms with Crippen LogP contribution in [0.25, 0.3) is 10.6 Å². The van der Waals surface area contributed by atoms with E-state index < -0.39 is 17.6 Å². The Labute approximate surface area is 114 Å². The van der Waals surface area contributed by atoms with Crippen LogP contribution < -0.4 is 0 Å². The molecule has 2 N–H and O–H groups in total. The molecular formula is C11H6BrNO4S. The van der Waals surface area contributed by atoms with Gasteiger partial charge >= 0.3 is 11.9 Å². The van der Waals surface area contributed by atoms with Crippen LogP contribution in [-0.2, 0) is 0 Å². The number of nitrogens with zero attached hydrogens (tertiary/aromatic N) is 1. The lowest BCUT2D eigenvalue weighted by Gasteiger charge is -1.95. The largest absolute Gasteiger partial charge is 0.477 e. The Kier molecular flexibility index (Phi) is 3.44. The van der Waals surface area contributed by atoms with Gasteiger partial charge in [-0.3, -0.25) is 0 Å². The van der Waals surface area contributed by atoms with Crippen LogP contribution in [0.2, 0.25) is 0 Å². The summed E-state index contributed by atoms with van der Waals surface area (Å²) in [5.74, 6) is -2.62. The number of hydrogen-bond donors (Lipinski definition) is 2. The highest BCUT2D eigenvalue weighted by molar-refractivity contribution is 9.10. The molecule has 1 aromatic heterocycles. The van der Waals surface area contributed by atoms with E-state index in [1.807, 2.05) is 0 Å². The Morgan fingerprint density at radius 2 is 1.72 bits per heavy atom. The van der Waals surface area contributed by atoms with Gasteiger partial charge in [0.15, 0.2) is 5.69 Å². The monoisotopic (exact) mass is 327 g/mol. The predicted molar refractivity (Wildman–Crippen MR) is 69.2 cm³/mol. The summed E-state index contributed by atoms with van der Waals surface area (Å²) in [4.78, 5) is 25.4. The van der Waals surface area contributed by atoms with Crippen molar-refractivity contribution in [1.29, 1.82) is 0 Å². The molecule has 0 saturated heterocycles. The molecule has 0 aliphatic heterocycles. The second-order valence-electron chi connectivity index (χ2n) is 3.31. The molecule has 5 nitrogen and oxygen atoms in total. The highest BCUT2D eigenvalue weighted by Gasteiger charge is 2.22. The van der Waals surface area contributed by atoms with Gasteiger partial charge in [0.25, 0.3) is 0 Å². The highest BCUT2D eigenvalue weighted by Crippen LogP contribution is 2.29. The first-order chi connectivity index (χ1) is 8.49. The Morgan fingerprint density at radius 3 is 2.17 bits per heavy atom. The Bertz CT molecular complexity index is 589. The molecule has 0 bridgehead atoms. The van der Waals surface area contributed by atoms with Gasteiger partial charge in [-0.05, 0) is 12.1 Å². The number of carboxylic acid groups (broad SMARTS) is 2. The zero-order valence-corrected chi connectivity index (χ0v) is 11.2. The molecule has 0 amide bonds. The Morgan fingerprint density at radius 1 is 1.11 bits per heavy atom. The van der Waals surface area contributed by atoms with Crippen molar-refractivity contribution in [2.75, 3.05) is 0 Å². The lowest BCUT2D eigenvalue weighted by Crippen LogP contribution is -2.05. The maximum atomic E-state index is 10.9. The lowest BCUT2D eigenvalue weighted by molar-refractivity contribution is 0.0651. The molecule has 0 aliphatic carbocycles. The highest BCUT2D eigenvalue weighted by atomic mass is 79.9. The van der Waals surface area contributed by atoms with Gasteiger partial charge in [-0.2, -0.15) is 0 Å². The van der Waals surface area contributed by atoms with Crippen molar-refractivity contribution in [3.05, 3.63) is 39.3 Å². The summed E-state index contributed by atoms with van der Waals surface area (Å²) in [5, 5.41) is 18.2. The summed E-state index contributed by atoms with van der Waals surface area (Å²) in [6.07, 6.45) is 0. The first-order valence-electron chi connectivity index (χ1n) is 4.72. The van der Waals surface area contributed by atoms with Gasteiger partial charge in [0.2, 0.25) is 0 Å². The third kappa shape index (κ3) is 2.41. The van der Waals surface area contributed by atoms with Crippen LogP contribution in [0.4, 0.5) is 0 Å². The molecular weight excluding hydrogens is 322 g/mol. The summed E-state index contributed by atoms with van der Waals surface area (Å²) >= 11 is 4.13. The topological polar surface area (TPSA) is 87.5 Å². The molecule has 7 heteroatoms. The number of carbonyl (C=O) groups is 2. The predicted octanol–water partition coefficient (Wildman–Crippen LogP) is 2.97. The van der Waals surface area contributed by atoms with Gasteiger partial charge in [0.1, 0.15) is 9.88 Å². The lowest BCUT2D eigenvalue weighted by atomic mass is 10.2. The Hall–Kier alpha value is -1.73. The van der Waals surface area contributed by atoms with Gasteiger partial charge in [-0.15, -0.1) is 11.3 Å². The minimum atomic E-state index is -1.34.